The second-order valence-corrected chi connectivity index (χ2v) is 2.10. The van der Waals surface area contributed by atoms with Crippen molar-refractivity contribution in [3.05, 3.63) is 6.42 Å². The van der Waals surface area contributed by atoms with E-state index in [1.807, 2.05) is 7.05 Å². The van der Waals surface area contributed by atoms with Crippen LogP contribution >= 0.6 is 0 Å². The molecule has 0 unspecified atom stereocenters. The summed E-state index contributed by atoms with van der Waals surface area (Å²) in [4.78, 5) is 12.4. The average Bonchev–Trinajstić information content (AvgIpc) is 1.77. The van der Waals surface area contributed by atoms with Crippen LogP contribution < -0.4 is 0 Å². The van der Waals surface area contributed by atoms with Gasteiger partial charge in [0.25, 0.3) is 0 Å². The van der Waals surface area contributed by atoms with E-state index in [-0.39, 0.29) is 5.91 Å². The first-order valence-corrected chi connectivity index (χ1v) is 2.86. The molecule has 0 atom stereocenters. The number of piperidine rings is 1. The van der Waals surface area contributed by atoms with Crippen LogP contribution in [0.15, 0.2) is 0 Å². The van der Waals surface area contributed by atoms with E-state index in [9.17, 15) is 4.79 Å². The lowest BCUT2D eigenvalue weighted by atomic mass is 10.1. The highest BCUT2D eigenvalue weighted by atomic mass is 16.2. The predicted molar refractivity (Wildman–Crippen MR) is 31.2 cm³/mol. The van der Waals surface area contributed by atoms with Gasteiger partial charge in [-0.1, -0.05) is 0 Å². The van der Waals surface area contributed by atoms with Crippen LogP contribution in [0.2, 0.25) is 0 Å². The number of carbonyl (C=O) groups is 1. The third kappa shape index (κ3) is 0.997. The quantitative estimate of drug-likeness (QED) is 0.445. The van der Waals surface area contributed by atoms with E-state index < -0.39 is 0 Å². The first kappa shape index (κ1) is 5.60. The first-order chi connectivity index (χ1) is 3.80. The van der Waals surface area contributed by atoms with Crippen LogP contribution in [0.5, 0.6) is 0 Å². The number of nitrogens with zero attached hydrogens (tertiary/aromatic N) is 1. The molecule has 0 N–H and O–H groups in total. The Morgan fingerprint density at radius 1 is 1.75 bits per heavy atom. The Balaban J connectivity index is 2.39. The fourth-order valence-corrected chi connectivity index (χ4v) is 0.803. The standard InChI is InChI=1S/C6H10NO/c1-7-5-3-2-4-6(7)8/h3H,2,4-5H2,1H3. The van der Waals surface area contributed by atoms with Crippen LogP contribution in [0.3, 0.4) is 0 Å². The Labute approximate surface area is 49.5 Å². The van der Waals surface area contributed by atoms with E-state index in [4.69, 9.17) is 0 Å². The van der Waals surface area contributed by atoms with Crippen molar-refractivity contribution in [2.75, 3.05) is 13.6 Å². The van der Waals surface area contributed by atoms with Gasteiger partial charge in [0.1, 0.15) is 0 Å². The maximum atomic E-state index is 10.7. The van der Waals surface area contributed by atoms with E-state index in [1.165, 1.54) is 0 Å². The smallest absolute Gasteiger partial charge is 0.222 e. The summed E-state index contributed by atoms with van der Waals surface area (Å²) in [6, 6.07) is 0. The Morgan fingerprint density at radius 2 is 2.50 bits per heavy atom. The molecule has 8 heavy (non-hydrogen) atoms. The molecule has 2 nitrogen and oxygen atoms in total. The molecule has 0 saturated carbocycles. The zero-order chi connectivity index (χ0) is 5.98. The summed E-state index contributed by atoms with van der Waals surface area (Å²) in [7, 11) is 1.83. The lowest BCUT2D eigenvalue weighted by Crippen LogP contribution is -2.31. The van der Waals surface area contributed by atoms with Gasteiger partial charge < -0.3 is 4.90 Å². The summed E-state index contributed by atoms with van der Waals surface area (Å²) in [5, 5.41) is 0. The van der Waals surface area contributed by atoms with E-state index in [0.717, 1.165) is 13.0 Å². The van der Waals surface area contributed by atoms with Gasteiger partial charge in [-0.15, -0.1) is 0 Å². The summed E-state index contributed by atoms with van der Waals surface area (Å²) in [5.74, 6) is 0.271. The van der Waals surface area contributed by atoms with Gasteiger partial charge in [-0.25, -0.2) is 0 Å². The number of amides is 1. The topological polar surface area (TPSA) is 20.3 Å². The molecule has 1 amide bonds. The molecule has 1 fully saturated rings. The van der Waals surface area contributed by atoms with E-state index in [2.05, 4.69) is 6.42 Å². The van der Waals surface area contributed by atoms with Gasteiger partial charge in [-0.05, 0) is 12.8 Å². The predicted octanol–water partition coefficient (Wildman–Crippen LogP) is 0.443. The molecule has 1 rings (SSSR count). The fourth-order valence-electron chi connectivity index (χ4n) is 0.803. The summed E-state index contributed by atoms with van der Waals surface area (Å²) >= 11 is 0. The molecule has 0 aromatic carbocycles. The molecule has 1 heterocycles. The lowest BCUT2D eigenvalue weighted by molar-refractivity contribution is -0.130. The molecule has 1 radical (unpaired) electrons. The minimum atomic E-state index is 0.271. The molecular formula is C6H10NO. The zero-order valence-electron chi connectivity index (χ0n) is 5.05. The number of hydrogen-bond acceptors (Lipinski definition) is 1. The SMILES string of the molecule is CN1C[CH]CCC1=O. The van der Waals surface area contributed by atoms with Crippen LogP contribution in [0.1, 0.15) is 12.8 Å². The maximum Gasteiger partial charge on any atom is 0.222 e. The van der Waals surface area contributed by atoms with Crippen LogP contribution in [0, 0.1) is 6.42 Å². The second kappa shape index (κ2) is 2.16. The molecule has 1 saturated heterocycles. The third-order valence-electron chi connectivity index (χ3n) is 1.39. The summed E-state index contributed by atoms with van der Waals surface area (Å²) < 4.78 is 0. The van der Waals surface area contributed by atoms with Crippen LogP contribution in [0.25, 0.3) is 0 Å². The average molecular weight is 112 g/mol. The summed E-state index contributed by atoms with van der Waals surface area (Å²) in [5.41, 5.74) is 0. The molecule has 0 spiro atoms. The van der Waals surface area contributed by atoms with Crippen LogP contribution in [-0.4, -0.2) is 24.4 Å². The number of hydrogen-bond donors (Lipinski definition) is 0. The van der Waals surface area contributed by atoms with Gasteiger partial charge in [0, 0.05) is 20.0 Å². The number of likely N-dealkylation sites (tertiary alicyclic amines) is 1. The number of rotatable bonds is 0. The largest absolute Gasteiger partial charge is 0.345 e. The minimum absolute atomic E-state index is 0.271. The Kier molecular flexibility index (Phi) is 1.51. The molecule has 0 aromatic heterocycles. The molecule has 0 bridgehead atoms. The normalized spacial score (nSPS) is 21.6. The van der Waals surface area contributed by atoms with Crippen molar-refractivity contribution in [3.63, 3.8) is 0 Å². The fraction of sp³-hybridized carbons (Fsp3) is 0.667. The highest BCUT2D eigenvalue weighted by molar-refractivity contribution is 5.76. The zero-order valence-corrected chi connectivity index (χ0v) is 5.05. The van der Waals surface area contributed by atoms with Crippen molar-refractivity contribution < 1.29 is 4.79 Å². The minimum Gasteiger partial charge on any atom is -0.345 e. The second-order valence-electron chi connectivity index (χ2n) is 2.10. The van der Waals surface area contributed by atoms with Crippen molar-refractivity contribution >= 4 is 5.91 Å². The molecule has 2 heteroatoms. The van der Waals surface area contributed by atoms with Gasteiger partial charge in [0.15, 0.2) is 0 Å². The monoisotopic (exact) mass is 112 g/mol. The van der Waals surface area contributed by atoms with Crippen LogP contribution in [0.4, 0.5) is 0 Å². The Morgan fingerprint density at radius 3 is 2.88 bits per heavy atom. The van der Waals surface area contributed by atoms with Gasteiger partial charge in [-0.3, -0.25) is 4.79 Å². The first-order valence-electron chi connectivity index (χ1n) is 2.86. The maximum absolute atomic E-state index is 10.7. The summed E-state index contributed by atoms with van der Waals surface area (Å²) in [6.07, 6.45) is 3.79. The van der Waals surface area contributed by atoms with Gasteiger partial charge in [-0.2, -0.15) is 0 Å². The molecule has 1 aliphatic rings. The third-order valence-corrected chi connectivity index (χ3v) is 1.39. The molecule has 0 aliphatic carbocycles. The van der Waals surface area contributed by atoms with Crippen molar-refractivity contribution in [1.82, 2.24) is 4.90 Å². The van der Waals surface area contributed by atoms with E-state index in [1.54, 1.807) is 4.90 Å². The number of carbonyl (C=O) groups excluding carboxylic acids is 1. The Bertz CT molecular complexity index is 101. The van der Waals surface area contributed by atoms with Crippen molar-refractivity contribution in [2.45, 2.75) is 12.8 Å². The van der Waals surface area contributed by atoms with Crippen LogP contribution in [-0.2, 0) is 4.79 Å². The van der Waals surface area contributed by atoms with Crippen molar-refractivity contribution in [2.24, 2.45) is 0 Å². The molecule has 1 aliphatic heterocycles. The highest BCUT2D eigenvalue weighted by Crippen LogP contribution is 2.05. The highest BCUT2D eigenvalue weighted by Gasteiger charge is 2.12. The molecule has 45 valence electrons. The van der Waals surface area contributed by atoms with E-state index in [0.29, 0.717) is 6.42 Å². The molecule has 0 aromatic rings. The lowest BCUT2D eigenvalue weighted by Gasteiger charge is -2.20. The van der Waals surface area contributed by atoms with Gasteiger partial charge >= 0.3 is 0 Å². The van der Waals surface area contributed by atoms with Gasteiger partial charge in [0.05, 0.1) is 0 Å². The van der Waals surface area contributed by atoms with Crippen molar-refractivity contribution in [1.29, 1.82) is 0 Å². The Hall–Kier alpha value is -0.530. The molecular weight excluding hydrogens is 102 g/mol. The van der Waals surface area contributed by atoms with E-state index >= 15 is 0 Å². The summed E-state index contributed by atoms with van der Waals surface area (Å²) in [6.45, 7) is 0.832. The van der Waals surface area contributed by atoms with Gasteiger partial charge in [0.2, 0.25) is 5.91 Å². The van der Waals surface area contributed by atoms with Crippen molar-refractivity contribution in [3.8, 4) is 0 Å².